The summed E-state index contributed by atoms with van der Waals surface area (Å²) in [4.78, 5) is 19.8. The molecule has 3 aromatic rings. The lowest BCUT2D eigenvalue weighted by Gasteiger charge is -2.32. The Morgan fingerprint density at radius 1 is 1.18 bits per heavy atom. The molecule has 194 valence electrons. The van der Waals surface area contributed by atoms with Gasteiger partial charge in [0.15, 0.2) is 5.82 Å². The van der Waals surface area contributed by atoms with Crippen molar-refractivity contribution in [1.82, 2.24) is 15.1 Å². The quantitative estimate of drug-likeness (QED) is 0.214. The zero-order chi connectivity index (χ0) is 27.2. The molecule has 1 atom stereocenters. The predicted molar refractivity (Wildman–Crippen MR) is 153 cm³/mol. The van der Waals surface area contributed by atoms with Crippen molar-refractivity contribution in [3.05, 3.63) is 112 Å². The number of aromatic nitrogens is 2. The Kier molecular flexibility index (Phi) is 8.42. The topological polar surface area (TPSA) is 126 Å². The molecule has 0 aliphatic carbocycles. The smallest absolute Gasteiger partial charge is 0.249 e. The van der Waals surface area contributed by atoms with Crippen molar-refractivity contribution >= 4 is 52.6 Å². The van der Waals surface area contributed by atoms with Gasteiger partial charge in [-0.3, -0.25) is 9.80 Å². The van der Waals surface area contributed by atoms with Crippen LogP contribution in [0.1, 0.15) is 16.8 Å². The summed E-state index contributed by atoms with van der Waals surface area (Å²) in [6.45, 7) is 6.02. The number of nitrogens with two attached hydrogens (primary N) is 2. The van der Waals surface area contributed by atoms with Crippen LogP contribution in [-0.2, 0) is 11.2 Å². The molecule has 0 radical (unpaired) electrons. The SMILES string of the molecule is C=C1C=C(c2cc(Cl)ccc2N(N)/C=C(\N)Cl)N=CN1C(Cc1ccccc1)C(=O)Nc1ccc(C)nn1. The number of rotatable bonds is 8. The third kappa shape index (κ3) is 6.57. The lowest BCUT2D eigenvalue weighted by atomic mass is 10.0. The van der Waals surface area contributed by atoms with Gasteiger partial charge in [-0.1, -0.05) is 60.1 Å². The van der Waals surface area contributed by atoms with Crippen LogP contribution in [0.25, 0.3) is 5.70 Å². The van der Waals surface area contributed by atoms with E-state index in [0.717, 1.165) is 11.3 Å². The van der Waals surface area contributed by atoms with E-state index in [0.29, 0.717) is 39.9 Å². The number of nitrogens with zero attached hydrogens (tertiary/aromatic N) is 5. The number of hydrazine groups is 1. The van der Waals surface area contributed by atoms with Crippen LogP contribution < -0.4 is 21.9 Å². The summed E-state index contributed by atoms with van der Waals surface area (Å²) in [5, 5.41) is 12.7. The number of amides is 1. The molecule has 1 aliphatic rings. The van der Waals surface area contributed by atoms with Gasteiger partial charge in [-0.15, -0.1) is 5.10 Å². The molecule has 4 rings (SSSR count). The van der Waals surface area contributed by atoms with E-state index in [1.54, 1.807) is 47.6 Å². The van der Waals surface area contributed by atoms with Crippen LogP contribution in [0.15, 0.2) is 95.4 Å². The molecule has 1 unspecified atom stereocenters. The highest BCUT2D eigenvalue weighted by Gasteiger charge is 2.29. The summed E-state index contributed by atoms with van der Waals surface area (Å²) >= 11 is 12.1. The molecule has 0 spiro atoms. The highest BCUT2D eigenvalue weighted by Crippen LogP contribution is 2.33. The predicted octanol–water partition coefficient (Wildman–Crippen LogP) is 4.56. The Labute approximate surface area is 230 Å². The van der Waals surface area contributed by atoms with Gasteiger partial charge in [0.2, 0.25) is 5.91 Å². The lowest BCUT2D eigenvalue weighted by Crippen LogP contribution is -2.44. The number of aryl methyl sites for hydroxylation is 1. The average molecular weight is 549 g/mol. The highest BCUT2D eigenvalue weighted by molar-refractivity contribution is 6.31. The molecule has 38 heavy (non-hydrogen) atoms. The van der Waals surface area contributed by atoms with E-state index < -0.39 is 6.04 Å². The van der Waals surface area contributed by atoms with Crippen molar-refractivity contribution in [3.63, 3.8) is 0 Å². The maximum Gasteiger partial charge on any atom is 0.249 e. The van der Waals surface area contributed by atoms with Gasteiger partial charge in [0, 0.05) is 22.7 Å². The molecular weight excluding hydrogens is 523 g/mol. The van der Waals surface area contributed by atoms with Gasteiger partial charge in [-0.05, 0) is 48.9 Å². The minimum atomic E-state index is -0.668. The molecule has 2 heterocycles. The molecular formula is C27H26Cl2N8O. The summed E-state index contributed by atoms with van der Waals surface area (Å²) in [5.41, 5.74) is 9.59. The van der Waals surface area contributed by atoms with Crippen LogP contribution in [0.3, 0.4) is 0 Å². The summed E-state index contributed by atoms with van der Waals surface area (Å²) in [5.74, 6) is 6.22. The molecule has 0 saturated carbocycles. The summed E-state index contributed by atoms with van der Waals surface area (Å²) in [7, 11) is 0. The Balaban J connectivity index is 1.64. The second-order valence-electron chi connectivity index (χ2n) is 8.51. The number of hydrogen-bond donors (Lipinski definition) is 3. The van der Waals surface area contributed by atoms with E-state index in [9.17, 15) is 4.79 Å². The zero-order valence-corrected chi connectivity index (χ0v) is 22.1. The number of benzene rings is 2. The van der Waals surface area contributed by atoms with Crippen molar-refractivity contribution in [2.75, 3.05) is 10.3 Å². The van der Waals surface area contributed by atoms with Gasteiger partial charge in [0.1, 0.15) is 11.2 Å². The van der Waals surface area contributed by atoms with Gasteiger partial charge >= 0.3 is 0 Å². The number of nitrogens with one attached hydrogen (secondary N) is 1. The van der Waals surface area contributed by atoms with E-state index >= 15 is 0 Å². The average Bonchev–Trinajstić information content (AvgIpc) is 2.89. The maximum absolute atomic E-state index is 13.5. The van der Waals surface area contributed by atoms with Crippen LogP contribution >= 0.6 is 23.2 Å². The number of carbonyl (C=O) groups excluding carboxylic acids is 1. The molecule has 0 bridgehead atoms. The number of anilines is 2. The van der Waals surface area contributed by atoms with E-state index in [1.165, 1.54) is 11.2 Å². The van der Waals surface area contributed by atoms with Crippen molar-refractivity contribution in [1.29, 1.82) is 0 Å². The summed E-state index contributed by atoms with van der Waals surface area (Å²) in [6, 6.07) is 17.7. The van der Waals surface area contributed by atoms with Gasteiger partial charge in [-0.2, -0.15) is 5.10 Å². The third-order valence-corrected chi connectivity index (χ3v) is 6.02. The molecule has 0 saturated heterocycles. The summed E-state index contributed by atoms with van der Waals surface area (Å²) < 4.78 is 0. The molecule has 9 nitrogen and oxygen atoms in total. The molecule has 0 fully saturated rings. The van der Waals surface area contributed by atoms with Gasteiger partial charge < -0.3 is 16.0 Å². The first kappa shape index (κ1) is 26.9. The van der Waals surface area contributed by atoms with Gasteiger partial charge in [0.05, 0.1) is 29.6 Å². The molecule has 1 aromatic heterocycles. The molecule has 2 aromatic carbocycles. The largest absolute Gasteiger partial charge is 0.388 e. The van der Waals surface area contributed by atoms with E-state index in [1.807, 2.05) is 37.3 Å². The van der Waals surface area contributed by atoms with Crippen LogP contribution in [0.5, 0.6) is 0 Å². The maximum atomic E-state index is 13.5. The minimum Gasteiger partial charge on any atom is -0.388 e. The van der Waals surface area contributed by atoms with Gasteiger partial charge in [-0.25, -0.2) is 10.8 Å². The Morgan fingerprint density at radius 3 is 2.61 bits per heavy atom. The van der Waals surface area contributed by atoms with Crippen LogP contribution in [0.2, 0.25) is 5.02 Å². The van der Waals surface area contributed by atoms with Crippen molar-refractivity contribution in [2.24, 2.45) is 16.6 Å². The standard InChI is InChI=1S/C27H26Cl2N8O/c1-17-8-11-26(35-34-17)33-27(38)24(13-19-6-4-3-5-7-19)36-16-32-22(12-18(36)2)21-14-20(28)9-10-23(21)37(31)15-25(29)30/h3-12,14-16,24H,2,13,30-31H2,1H3,(H,33,35,38)/b25-15-. The first-order valence-corrected chi connectivity index (χ1v) is 12.3. The Bertz CT molecular complexity index is 1420. The van der Waals surface area contributed by atoms with Crippen LogP contribution in [0.4, 0.5) is 11.5 Å². The van der Waals surface area contributed by atoms with Crippen LogP contribution in [0, 0.1) is 6.92 Å². The Hall–Kier alpha value is -4.18. The third-order valence-electron chi connectivity index (χ3n) is 5.69. The number of allylic oxidation sites excluding steroid dienone is 1. The molecule has 1 aliphatic heterocycles. The highest BCUT2D eigenvalue weighted by atomic mass is 35.5. The number of hydrogen-bond acceptors (Lipinski definition) is 8. The molecule has 1 amide bonds. The fourth-order valence-electron chi connectivity index (χ4n) is 3.87. The van der Waals surface area contributed by atoms with Gasteiger partial charge in [0.25, 0.3) is 0 Å². The lowest BCUT2D eigenvalue weighted by molar-refractivity contribution is -0.119. The fourth-order valence-corrected chi connectivity index (χ4v) is 4.14. The van der Waals surface area contributed by atoms with E-state index in [-0.39, 0.29) is 11.1 Å². The van der Waals surface area contributed by atoms with Crippen molar-refractivity contribution < 1.29 is 4.79 Å². The first-order chi connectivity index (χ1) is 18.2. The number of aliphatic imine (C=N–C) groups is 1. The molecule has 11 heteroatoms. The second-order valence-corrected chi connectivity index (χ2v) is 9.38. The Morgan fingerprint density at radius 2 is 1.95 bits per heavy atom. The first-order valence-electron chi connectivity index (χ1n) is 11.6. The monoisotopic (exact) mass is 548 g/mol. The number of halogens is 2. The number of carbonyl (C=O) groups is 1. The van der Waals surface area contributed by atoms with E-state index in [4.69, 9.17) is 34.8 Å². The summed E-state index contributed by atoms with van der Waals surface area (Å²) in [6.07, 6.45) is 5.10. The second kappa shape index (κ2) is 11.9. The zero-order valence-electron chi connectivity index (χ0n) is 20.6. The molecule has 5 N–H and O–H groups in total. The van der Waals surface area contributed by atoms with E-state index in [2.05, 4.69) is 27.1 Å². The normalized spacial score (nSPS) is 14.2. The fraction of sp³-hybridized carbons (Fsp3) is 0.111. The van der Waals surface area contributed by atoms with Crippen LogP contribution in [-0.4, -0.2) is 33.4 Å². The van der Waals surface area contributed by atoms with Crippen molar-refractivity contribution in [3.8, 4) is 0 Å². The van der Waals surface area contributed by atoms with Crippen molar-refractivity contribution in [2.45, 2.75) is 19.4 Å². The minimum absolute atomic E-state index is 0.0122.